The van der Waals surface area contributed by atoms with Gasteiger partial charge in [-0.2, -0.15) is 0 Å². The second-order valence-corrected chi connectivity index (χ2v) is 7.66. The number of rotatable bonds is 5. The Morgan fingerprint density at radius 1 is 1.36 bits per heavy atom. The molecule has 28 heavy (non-hydrogen) atoms. The lowest BCUT2D eigenvalue weighted by Crippen LogP contribution is -2.41. The maximum Gasteiger partial charge on any atom is 0.262 e. The van der Waals surface area contributed by atoms with Crippen LogP contribution in [0.5, 0.6) is 5.75 Å². The standard InChI is InChI=1S/C20H26N4O4/c1-2-23-7-3-4-15(23)11-24-10-13(8-19(24)26)20(27)21-14-5-6-17-16(9-14)22-18(25)12-28-17/h5-6,9,13,15H,2-4,7-8,10-12H2,1H3,(H,21,27)(H,22,25). The molecule has 4 rings (SSSR count). The molecule has 0 saturated carbocycles. The van der Waals surface area contributed by atoms with Gasteiger partial charge in [0.1, 0.15) is 5.75 Å². The van der Waals surface area contributed by atoms with E-state index in [1.807, 2.05) is 4.90 Å². The molecule has 3 amide bonds. The Morgan fingerprint density at radius 3 is 3.04 bits per heavy atom. The van der Waals surface area contributed by atoms with Gasteiger partial charge in [0.2, 0.25) is 11.8 Å². The summed E-state index contributed by atoms with van der Waals surface area (Å²) in [6, 6.07) is 5.53. The van der Waals surface area contributed by atoms with Crippen molar-refractivity contribution in [2.75, 3.05) is 43.4 Å². The number of nitrogens with one attached hydrogen (secondary N) is 2. The van der Waals surface area contributed by atoms with Gasteiger partial charge >= 0.3 is 0 Å². The van der Waals surface area contributed by atoms with Crippen LogP contribution in [0.4, 0.5) is 11.4 Å². The average Bonchev–Trinajstić information content (AvgIpc) is 3.28. The minimum Gasteiger partial charge on any atom is -0.482 e. The lowest BCUT2D eigenvalue weighted by Gasteiger charge is -2.27. The molecule has 0 aromatic heterocycles. The summed E-state index contributed by atoms with van der Waals surface area (Å²) in [7, 11) is 0. The third kappa shape index (κ3) is 3.82. The van der Waals surface area contributed by atoms with Crippen molar-refractivity contribution in [2.45, 2.75) is 32.2 Å². The summed E-state index contributed by atoms with van der Waals surface area (Å²) in [4.78, 5) is 40.8. The second kappa shape index (κ2) is 7.79. The number of ether oxygens (including phenoxy) is 1. The topological polar surface area (TPSA) is 91.0 Å². The maximum atomic E-state index is 12.7. The van der Waals surface area contributed by atoms with Crippen molar-refractivity contribution in [1.82, 2.24) is 9.80 Å². The molecular weight excluding hydrogens is 360 g/mol. The van der Waals surface area contributed by atoms with Crippen molar-refractivity contribution in [3.05, 3.63) is 18.2 Å². The van der Waals surface area contributed by atoms with Gasteiger partial charge in [0.15, 0.2) is 6.61 Å². The molecule has 1 aromatic rings. The van der Waals surface area contributed by atoms with E-state index in [0.29, 0.717) is 36.3 Å². The molecule has 2 unspecified atom stereocenters. The fraction of sp³-hybridized carbons (Fsp3) is 0.550. The summed E-state index contributed by atoms with van der Waals surface area (Å²) in [6.07, 6.45) is 2.52. The summed E-state index contributed by atoms with van der Waals surface area (Å²) < 4.78 is 5.32. The molecule has 2 saturated heterocycles. The summed E-state index contributed by atoms with van der Waals surface area (Å²) >= 11 is 0. The Labute approximate surface area is 164 Å². The maximum absolute atomic E-state index is 12.7. The van der Waals surface area contributed by atoms with Crippen LogP contribution < -0.4 is 15.4 Å². The Balaban J connectivity index is 1.36. The highest BCUT2D eigenvalue weighted by atomic mass is 16.5. The molecular formula is C20H26N4O4. The van der Waals surface area contributed by atoms with Crippen molar-refractivity contribution in [3.63, 3.8) is 0 Å². The normalized spacial score (nSPS) is 24.7. The smallest absolute Gasteiger partial charge is 0.262 e. The number of amides is 3. The van der Waals surface area contributed by atoms with Crippen LogP contribution in [-0.4, -0.2) is 66.3 Å². The number of fused-ring (bicyclic) bond motifs is 1. The highest BCUT2D eigenvalue weighted by Gasteiger charge is 2.37. The fourth-order valence-corrected chi connectivity index (χ4v) is 4.30. The highest BCUT2D eigenvalue weighted by Crippen LogP contribution is 2.31. The van der Waals surface area contributed by atoms with Crippen LogP contribution in [0.2, 0.25) is 0 Å². The monoisotopic (exact) mass is 386 g/mol. The summed E-state index contributed by atoms with van der Waals surface area (Å²) in [6.45, 7) is 5.39. The number of carbonyl (C=O) groups excluding carboxylic acids is 3. The zero-order chi connectivity index (χ0) is 19.7. The number of likely N-dealkylation sites (tertiary alicyclic amines) is 2. The van der Waals surface area contributed by atoms with E-state index < -0.39 is 0 Å². The molecule has 3 aliphatic rings. The van der Waals surface area contributed by atoms with Crippen molar-refractivity contribution in [3.8, 4) is 5.75 Å². The van der Waals surface area contributed by atoms with Gasteiger partial charge < -0.3 is 20.3 Å². The van der Waals surface area contributed by atoms with E-state index in [1.54, 1.807) is 18.2 Å². The Bertz CT molecular complexity index is 796. The SMILES string of the molecule is CCN1CCCC1CN1CC(C(=O)Nc2ccc3c(c2)NC(=O)CO3)CC1=O. The lowest BCUT2D eigenvalue weighted by molar-refractivity contribution is -0.128. The van der Waals surface area contributed by atoms with Gasteiger partial charge in [-0.05, 0) is 44.1 Å². The van der Waals surface area contributed by atoms with Gasteiger partial charge in [-0.25, -0.2) is 0 Å². The minimum absolute atomic E-state index is 0.00478. The van der Waals surface area contributed by atoms with E-state index in [4.69, 9.17) is 4.74 Å². The first-order valence-corrected chi connectivity index (χ1v) is 9.93. The first-order valence-electron chi connectivity index (χ1n) is 9.93. The van der Waals surface area contributed by atoms with E-state index in [0.717, 1.165) is 19.5 Å². The third-order valence-electron chi connectivity index (χ3n) is 5.80. The zero-order valence-electron chi connectivity index (χ0n) is 16.1. The quantitative estimate of drug-likeness (QED) is 0.796. The number of anilines is 2. The molecule has 1 aromatic carbocycles. The number of hydrogen-bond donors (Lipinski definition) is 2. The predicted octanol–water partition coefficient (Wildman–Crippen LogP) is 1.29. The van der Waals surface area contributed by atoms with Crippen LogP contribution in [-0.2, 0) is 14.4 Å². The first-order chi connectivity index (χ1) is 13.5. The van der Waals surface area contributed by atoms with Gasteiger partial charge in [0, 0.05) is 31.2 Å². The lowest BCUT2D eigenvalue weighted by atomic mass is 10.1. The summed E-state index contributed by atoms with van der Waals surface area (Å²) in [5.41, 5.74) is 1.12. The summed E-state index contributed by atoms with van der Waals surface area (Å²) in [5, 5.41) is 5.59. The number of nitrogens with zero attached hydrogens (tertiary/aromatic N) is 2. The average molecular weight is 386 g/mol. The third-order valence-corrected chi connectivity index (χ3v) is 5.80. The van der Waals surface area contributed by atoms with Crippen LogP contribution in [0.15, 0.2) is 18.2 Å². The molecule has 8 heteroatoms. The predicted molar refractivity (Wildman–Crippen MR) is 104 cm³/mol. The van der Waals surface area contributed by atoms with Crippen molar-refractivity contribution >= 4 is 29.1 Å². The first kappa shape index (κ1) is 18.7. The molecule has 0 radical (unpaired) electrons. The van der Waals surface area contributed by atoms with Crippen LogP contribution in [0.1, 0.15) is 26.2 Å². The van der Waals surface area contributed by atoms with Crippen molar-refractivity contribution in [1.29, 1.82) is 0 Å². The van der Waals surface area contributed by atoms with E-state index >= 15 is 0 Å². The van der Waals surface area contributed by atoms with E-state index in [-0.39, 0.29) is 36.7 Å². The fourth-order valence-electron chi connectivity index (χ4n) is 4.30. The second-order valence-electron chi connectivity index (χ2n) is 7.66. The van der Waals surface area contributed by atoms with Gasteiger partial charge in [0.05, 0.1) is 11.6 Å². The number of likely N-dealkylation sites (N-methyl/N-ethyl adjacent to an activating group) is 1. The van der Waals surface area contributed by atoms with E-state index in [9.17, 15) is 14.4 Å². The van der Waals surface area contributed by atoms with Crippen LogP contribution in [0, 0.1) is 5.92 Å². The molecule has 0 bridgehead atoms. The van der Waals surface area contributed by atoms with Crippen molar-refractivity contribution in [2.24, 2.45) is 5.92 Å². The molecule has 3 aliphatic heterocycles. The molecule has 0 aliphatic carbocycles. The molecule has 2 fully saturated rings. The highest BCUT2D eigenvalue weighted by molar-refractivity contribution is 5.99. The van der Waals surface area contributed by atoms with Gasteiger partial charge in [-0.3, -0.25) is 19.3 Å². The Kier molecular flexibility index (Phi) is 5.21. The molecule has 2 atom stereocenters. The summed E-state index contributed by atoms with van der Waals surface area (Å²) in [5.74, 6) is -0.115. The number of hydrogen-bond acceptors (Lipinski definition) is 5. The van der Waals surface area contributed by atoms with Gasteiger partial charge in [-0.1, -0.05) is 6.92 Å². The molecule has 150 valence electrons. The molecule has 2 N–H and O–H groups in total. The molecule has 0 spiro atoms. The Morgan fingerprint density at radius 2 is 2.21 bits per heavy atom. The van der Waals surface area contributed by atoms with Gasteiger partial charge in [0.25, 0.3) is 5.91 Å². The number of benzene rings is 1. The minimum atomic E-state index is -0.356. The molecule has 3 heterocycles. The van der Waals surface area contributed by atoms with Gasteiger partial charge in [-0.15, -0.1) is 0 Å². The number of carbonyl (C=O) groups is 3. The van der Waals surface area contributed by atoms with Crippen molar-refractivity contribution < 1.29 is 19.1 Å². The Hall–Kier alpha value is -2.61. The van der Waals surface area contributed by atoms with Crippen LogP contribution in [0.3, 0.4) is 0 Å². The largest absolute Gasteiger partial charge is 0.482 e. The zero-order valence-corrected chi connectivity index (χ0v) is 16.1. The van der Waals surface area contributed by atoms with Crippen LogP contribution >= 0.6 is 0 Å². The van der Waals surface area contributed by atoms with E-state index in [2.05, 4.69) is 22.5 Å². The van der Waals surface area contributed by atoms with Crippen LogP contribution in [0.25, 0.3) is 0 Å². The van der Waals surface area contributed by atoms with E-state index in [1.165, 1.54) is 6.42 Å². The molecule has 8 nitrogen and oxygen atoms in total.